The topological polar surface area (TPSA) is 158 Å². The highest BCUT2D eigenvalue weighted by atomic mass is 31.2. The lowest BCUT2D eigenvalue weighted by Gasteiger charge is -2.39. The van der Waals surface area contributed by atoms with Crippen LogP contribution in [0.5, 0.6) is 11.5 Å². The van der Waals surface area contributed by atoms with E-state index in [-0.39, 0.29) is 42.8 Å². The van der Waals surface area contributed by atoms with Crippen molar-refractivity contribution < 1.29 is 28.0 Å². The predicted molar refractivity (Wildman–Crippen MR) is 228 cm³/mol. The van der Waals surface area contributed by atoms with Crippen molar-refractivity contribution in [3.8, 4) is 17.6 Å². The number of benzene rings is 3. The number of methoxy groups -OCH3 is 2. The van der Waals surface area contributed by atoms with Gasteiger partial charge in [0.15, 0.2) is 11.2 Å². The molecule has 0 saturated carbocycles. The van der Waals surface area contributed by atoms with E-state index in [1.165, 1.54) is 0 Å². The van der Waals surface area contributed by atoms with Gasteiger partial charge in [-0.25, -0.2) is 9.65 Å². The summed E-state index contributed by atoms with van der Waals surface area (Å²) in [6.45, 7) is 13.5. The maximum Gasteiger partial charge on any atom is 0.280 e. The number of nitriles is 1. The molecule has 1 fully saturated rings. The molecule has 1 aliphatic rings. The lowest BCUT2D eigenvalue weighted by molar-refractivity contribution is -0.0912. The van der Waals surface area contributed by atoms with Gasteiger partial charge in [-0.1, -0.05) is 68.4 Å². The van der Waals surface area contributed by atoms with Crippen LogP contribution in [0.4, 0.5) is 5.95 Å². The Balaban J connectivity index is 1.44. The standard InChI is InChI=1S/C44H56N7O7P/c1-29(2)26-46-43-48-41-40(42(52)49-43)47-28-50(41)39-25-37(58-59(56-24-12-23-45)51(30(3)4)31(5)6)38(57-39)27-55-44(32-13-10-9-11-14-32,33-15-19-35(53-7)20-16-33)34-17-21-36(54-8)22-18-34/h9-11,13-22,28-31,37-39H,12,24-27H2,1-8H3,(H2,46,48,49,52)/t37-,38+,39+,59?/m1/s1. The Morgan fingerprint density at radius 3 is 2.12 bits per heavy atom. The van der Waals surface area contributed by atoms with Crippen molar-refractivity contribution in [1.29, 1.82) is 5.26 Å². The molecule has 3 aromatic carbocycles. The second-order valence-electron chi connectivity index (χ2n) is 15.4. The first-order chi connectivity index (χ1) is 28.5. The third-order valence-electron chi connectivity index (χ3n) is 10.1. The van der Waals surface area contributed by atoms with Crippen LogP contribution < -0.4 is 20.3 Å². The number of anilines is 1. The average Bonchev–Trinajstić information content (AvgIpc) is 3.85. The summed E-state index contributed by atoms with van der Waals surface area (Å²) in [5.74, 6) is 2.12. The number of hydrogen-bond donors (Lipinski definition) is 2. The first kappa shape index (κ1) is 43.7. The zero-order valence-corrected chi connectivity index (χ0v) is 36.0. The van der Waals surface area contributed by atoms with Gasteiger partial charge in [-0.3, -0.25) is 14.3 Å². The van der Waals surface area contributed by atoms with Gasteiger partial charge in [0, 0.05) is 25.0 Å². The minimum atomic E-state index is -1.65. The molecule has 0 amide bonds. The third-order valence-corrected chi connectivity index (χ3v) is 12.3. The quantitative estimate of drug-likeness (QED) is 0.0442. The highest BCUT2D eigenvalue weighted by molar-refractivity contribution is 7.44. The Labute approximate surface area is 347 Å². The molecule has 1 saturated heterocycles. The number of H-pyrrole nitrogens is 1. The Morgan fingerprint density at radius 2 is 1.56 bits per heavy atom. The van der Waals surface area contributed by atoms with E-state index >= 15 is 0 Å². The highest BCUT2D eigenvalue weighted by Crippen LogP contribution is 2.51. The summed E-state index contributed by atoms with van der Waals surface area (Å²) in [6, 6.07) is 28.2. The number of rotatable bonds is 20. The van der Waals surface area contributed by atoms with Gasteiger partial charge in [-0.2, -0.15) is 10.2 Å². The Hall–Kier alpha value is -4.87. The molecule has 2 N–H and O–H groups in total. The average molecular weight is 826 g/mol. The molecule has 314 valence electrons. The number of fused-ring (bicyclic) bond motifs is 1. The van der Waals surface area contributed by atoms with Crippen LogP contribution in [0.1, 0.15) is 77.3 Å². The van der Waals surface area contributed by atoms with E-state index in [2.05, 4.69) is 79.7 Å². The molecule has 0 radical (unpaired) electrons. The summed E-state index contributed by atoms with van der Waals surface area (Å²) in [5, 5.41) is 12.6. The van der Waals surface area contributed by atoms with Crippen molar-refractivity contribution in [1.82, 2.24) is 24.2 Å². The van der Waals surface area contributed by atoms with Crippen molar-refractivity contribution in [3.05, 3.63) is 112 Å². The molecule has 0 aliphatic carbocycles. The fourth-order valence-corrected chi connectivity index (χ4v) is 9.10. The minimum Gasteiger partial charge on any atom is -0.497 e. The van der Waals surface area contributed by atoms with Gasteiger partial charge in [0.25, 0.3) is 14.1 Å². The number of ether oxygens (including phenoxy) is 4. The van der Waals surface area contributed by atoms with E-state index < -0.39 is 32.6 Å². The number of aromatic amines is 1. The molecule has 59 heavy (non-hydrogen) atoms. The summed E-state index contributed by atoms with van der Waals surface area (Å²) in [4.78, 5) is 25.3. The summed E-state index contributed by atoms with van der Waals surface area (Å²) >= 11 is 0. The summed E-state index contributed by atoms with van der Waals surface area (Å²) in [6.07, 6.45) is 0.376. The summed E-state index contributed by atoms with van der Waals surface area (Å²) in [5.41, 5.74) is 1.78. The Bertz CT molecular complexity index is 2130. The van der Waals surface area contributed by atoms with Crippen LogP contribution in [0, 0.1) is 17.2 Å². The minimum absolute atomic E-state index is 0.0807. The molecule has 15 heteroatoms. The normalized spacial score (nSPS) is 17.6. The van der Waals surface area contributed by atoms with E-state index in [0.717, 1.165) is 16.7 Å². The van der Waals surface area contributed by atoms with E-state index in [1.54, 1.807) is 25.1 Å². The smallest absolute Gasteiger partial charge is 0.280 e. The maximum atomic E-state index is 13.2. The molecule has 4 atom stereocenters. The monoisotopic (exact) mass is 825 g/mol. The van der Waals surface area contributed by atoms with Crippen LogP contribution in [-0.4, -0.2) is 82.5 Å². The van der Waals surface area contributed by atoms with E-state index in [4.69, 9.17) is 33.0 Å². The fourth-order valence-electron chi connectivity index (χ4n) is 7.35. The molecule has 14 nitrogen and oxygen atoms in total. The zero-order valence-electron chi connectivity index (χ0n) is 35.1. The number of nitrogens with zero attached hydrogens (tertiary/aromatic N) is 5. The first-order valence-electron chi connectivity index (χ1n) is 20.1. The van der Waals surface area contributed by atoms with Crippen molar-refractivity contribution in [2.24, 2.45) is 5.92 Å². The lowest BCUT2D eigenvalue weighted by Crippen LogP contribution is -2.39. The molecule has 6 rings (SSSR count). The van der Waals surface area contributed by atoms with Crippen molar-refractivity contribution in [2.75, 3.05) is 39.3 Å². The van der Waals surface area contributed by atoms with Gasteiger partial charge in [-0.05, 0) is 74.6 Å². The van der Waals surface area contributed by atoms with Crippen molar-refractivity contribution in [3.63, 3.8) is 0 Å². The molecule has 0 bridgehead atoms. The van der Waals surface area contributed by atoms with Gasteiger partial charge in [0.2, 0.25) is 5.95 Å². The number of hydrogen-bond acceptors (Lipinski definition) is 12. The molecular weight excluding hydrogens is 769 g/mol. The SMILES string of the molecule is COc1ccc(C(OC[C@@H]2O[C@H](n3cnc4c(=O)[nH]c(NCC(C)C)nc43)C[C@H]2OP(OCCC#N)N(C(C)C)C(C)C)(c2ccccc2)c2ccc(OC)cc2)cc1. The highest BCUT2D eigenvalue weighted by Gasteiger charge is 2.45. The van der Waals surface area contributed by atoms with Gasteiger partial charge in [0.1, 0.15) is 29.4 Å². The van der Waals surface area contributed by atoms with E-state index in [0.29, 0.717) is 42.0 Å². The Kier molecular flexibility index (Phi) is 14.8. The van der Waals surface area contributed by atoms with Crippen molar-refractivity contribution in [2.45, 2.75) is 90.5 Å². The van der Waals surface area contributed by atoms with Crippen LogP contribution in [0.2, 0.25) is 0 Å². The van der Waals surface area contributed by atoms with Gasteiger partial charge >= 0.3 is 0 Å². The lowest BCUT2D eigenvalue weighted by atomic mass is 9.80. The van der Waals surface area contributed by atoms with Crippen LogP contribution >= 0.6 is 8.53 Å². The Morgan fingerprint density at radius 1 is 0.949 bits per heavy atom. The maximum absolute atomic E-state index is 13.2. The van der Waals surface area contributed by atoms with Gasteiger partial charge < -0.3 is 33.3 Å². The fraction of sp³-hybridized carbons (Fsp3) is 0.455. The third kappa shape index (κ3) is 9.95. The van der Waals surface area contributed by atoms with E-state index in [9.17, 15) is 10.1 Å². The van der Waals surface area contributed by atoms with E-state index in [1.807, 2.05) is 66.7 Å². The largest absolute Gasteiger partial charge is 0.497 e. The van der Waals surface area contributed by atoms with Gasteiger partial charge in [0.05, 0.1) is 52.4 Å². The predicted octanol–water partition coefficient (Wildman–Crippen LogP) is 8.16. The number of aromatic nitrogens is 4. The second-order valence-corrected chi connectivity index (χ2v) is 16.8. The molecule has 1 unspecified atom stereocenters. The molecular formula is C44H56N7O7P. The summed E-state index contributed by atoms with van der Waals surface area (Å²) < 4.78 is 42.8. The van der Waals surface area contributed by atoms with Crippen LogP contribution in [-0.2, 0) is 24.1 Å². The number of nitrogens with one attached hydrogen (secondary N) is 2. The number of imidazole rings is 1. The van der Waals surface area contributed by atoms with Gasteiger partial charge in [-0.15, -0.1) is 0 Å². The second kappa shape index (κ2) is 19.9. The molecule has 1 aliphatic heterocycles. The summed E-state index contributed by atoms with van der Waals surface area (Å²) in [7, 11) is 1.63. The molecule has 3 heterocycles. The molecule has 2 aromatic heterocycles. The van der Waals surface area contributed by atoms with Crippen molar-refractivity contribution >= 4 is 25.6 Å². The first-order valence-corrected chi connectivity index (χ1v) is 21.2. The van der Waals surface area contributed by atoms with Crippen LogP contribution in [0.25, 0.3) is 11.2 Å². The van der Waals surface area contributed by atoms with Crippen LogP contribution in [0.3, 0.4) is 0 Å². The zero-order chi connectivity index (χ0) is 42.1. The van der Waals surface area contributed by atoms with Crippen LogP contribution in [0.15, 0.2) is 90.0 Å². The molecule has 5 aromatic rings. The molecule has 0 spiro atoms.